The molecule has 0 atom stereocenters. The van der Waals surface area contributed by atoms with Gasteiger partial charge < -0.3 is 10.6 Å². The largest absolute Gasteiger partial charge is 0.325 e. The number of hydrogen-bond acceptors (Lipinski definition) is 5. The number of rotatable bonds is 7. The van der Waals surface area contributed by atoms with E-state index < -0.39 is 4.92 Å². The van der Waals surface area contributed by atoms with Gasteiger partial charge in [0.25, 0.3) is 11.6 Å². The molecule has 152 valence electrons. The summed E-state index contributed by atoms with van der Waals surface area (Å²) < 4.78 is 0. The van der Waals surface area contributed by atoms with Gasteiger partial charge in [0.1, 0.15) is 0 Å². The van der Waals surface area contributed by atoms with Crippen molar-refractivity contribution in [3.8, 4) is 0 Å². The van der Waals surface area contributed by atoms with Gasteiger partial charge in [0.2, 0.25) is 5.91 Å². The van der Waals surface area contributed by atoms with E-state index in [9.17, 15) is 19.7 Å². The van der Waals surface area contributed by atoms with E-state index in [-0.39, 0.29) is 23.3 Å². The molecule has 0 unspecified atom stereocenters. The number of nitro benzene ring substituents is 1. The van der Waals surface area contributed by atoms with E-state index in [2.05, 4.69) is 10.6 Å². The Morgan fingerprint density at radius 2 is 1.60 bits per heavy atom. The number of halogens is 1. The third-order valence-corrected chi connectivity index (χ3v) is 5.14. The lowest BCUT2D eigenvalue weighted by Crippen LogP contribution is -2.14. The maximum absolute atomic E-state index is 12.3. The van der Waals surface area contributed by atoms with E-state index in [1.807, 2.05) is 6.07 Å². The minimum Gasteiger partial charge on any atom is -0.325 e. The number of nitro groups is 1. The number of benzene rings is 3. The monoisotopic (exact) mass is 441 g/mol. The smallest absolute Gasteiger partial charge is 0.269 e. The van der Waals surface area contributed by atoms with E-state index in [4.69, 9.17) is 11.6 Å². The van der Waals surface area contributed by atoms with Gasteiger partial charge in [-0.2, -0.15) is 0 Å². The van der Waals surface area contributed by atoms with Crippen LogP contribution in [0.4, 0.5) is 17.1 Å². The third-order valence-electron chi connectivity index (χ3n) is 3.91. The van der Waals surface area contributed by atoms with E-state index in [0.29, 0.717) is 22.0 Å². The van der Waals surface area contributed by atoms with Crippen molar-refractivity contribution < 1.29 is 14.5 Å². The highest BCUT2D eigenvalue weighted by molar-refractivity contribution is 8.00. The van der Waals surface area contributed by atoms with Gasteiger partial charge in [0, 0.05) is 39.0 Å². The second kappa shape index (κ2) is 9.91. The predicted octanol–water partition coefficient (Wildman–Crippen LogP) is 5.23. The molecule has 9 heteroatoms. The van der Waals surface area contributed by atoms with Gasteiger partial charge in [-0.15, -0.1) is 11.8 Å². The molecule has 30 heavy (non-hydrogen) atoms. The van der Waals surface area contributed by atoms with E-state index in [1.54, 1.807) is 42.5 Å². The summed E-state index contributed by atoms with van der Waals surface area (Å²) in [6, 6.07) is 19.3. The van der Waals surface area contributed by atoms with Crippen LogP contribution in [0.25, 0.3) is 0 Å². The molecule has 3 aromatic carbocycles. The maximum atomic E-state index is 12.3. The second-order valence-corrected chi connectivity index (χ2v) is 7.62. The molecule has 0 saturated carbocycles. The summed E-state index contributed by atoms with van der Waals surface area (Å²) in [7, 11) is 0. The fraction of sp³-hybridized carbons (Fsp3) is 0.0476. The SMILES string of the molecule is O=C(CSc1cccc(NC(=O)c2ccc([N+](=O)[O-])cc2)c1)Nc1cccc(Cl)c1. The van der Waals surface area contributed by atoms with Gasteiger partial charge in [0.15, 0.2) is 0 Å². The Morgan fingerprint density at radius 3 is 2.27 bits per heavy atom. The van der Waals surface area contributed by atoms with Crippen LogP contribution >= 0.6 is 23.4 Å². The number of nitrogens with zero attached hydrogens (tertiary/aromatic N) is 1. The van der Waals surface area contributed by atoms with Crippen molar-refractivity contribution in [2.24, 2.45) is 0 Å². The van der Waals surface area contributed by atoms with Gasteiger partial charge in [0.05, 0.1) is 10.7 Å². The van der Waals surface area contributed by atoms with Crippen LogP contribution < -0.4 is 10.6 Å². The van der Waals surface area contributed by atoms with E-state index in [0.717, 1.165) is 4.90 Å². The summed E-state index contributed by atoms with van der Waals surface area (Å²) in [5.41, 5.74) is 1.40. The zero-order valence-corrected chi connectivity index (χ0v) is 17.1. The van der Waals surface area contributed by atoms with Crippen LogP contribution in [0, 0.1) is 10.1 Å². The standard InChI is InChI=1S/C21H16ClN3O4S/c22-15-3-1-4-16(11-15)23-20(26)13-30-19-6-2-5-17(12-19)24-21(27)14-7-9-18(10-8-14)25(28)29/h1-12H,13H2,(H,23,26)(H,24,27). The summed E-state index contributed by atoms with van der Waals surface area (Å²) in [5, 5.41) is 16.8. The number of carbonyl (C=O) groups excluding carboxylic acids is 2. The molecule has 7 nitrogen and oxygen atoms in total. The molecule has 0 saturated heterocycles. The van der Waals surface area contributed by atoms with Crippen molar-refractivity contribution in [1.82, 2.24) is 0 Å². The van der Waals surface area contributed by atoms with Gasteiger partial charge in [-0.1, -0.05) is 23.7 Å². The minimum absolute atomic E-state index is 0.0824. The Labute approximate surface area is 181 Å². The maximum Gasteiger partial charge on any atom is 0.269 e. The van der Waals surface area contributed by atoms with Crippen molar-refractivity contribution >= 4 is 52.2 Å². The Hall–Kier alpha value is -3.36. The summed E-state index contributed by atoms with van der Waals surface area (Å²) in [5.74, 6) is -0.375. The average Bonchev–Trinajstić information content (AvgIpc) is 2.72. The summed E-state index contributed by atoms with van der Waals surface area (Å²) in [4.78, 5) is 35.5. The highest BCUT2D eigenvalue weighted by atomic mass is 35.5. The molecule has 0 fully saturated rings. The Balaban J connectivity index is 1.57. The summed E-state index contributed by atoms with van der Waals surface area (Å²) in [6.45, 7) is 0. The molecule has 0 heterocycles. The Bertz CT molecular complexity index is 1090. The normalized spacial score (nSPS) is 10.3. The minimum atomic E-state index is -0.523. The molecule has 0 aromatic heterocycles. The van der Waals surface area contributed by atoms with Crippen molar-refractivity contribution in [3.63, 3.8) is 0 Å². The molecule has 0 bridgehead atoms. The number of hydrogen-bond donors (Lipinski definition) is 2. The zero-order chi connectivity index (χ0) is 21.5. The second-order valence-electron chi connectivity index (χ2n) is 6.13. The van der Waals surface area contributed by atoms with Crippen molar-refractivity contribution in [1.29, 1.82) is 0 Å². The fourth-order valence-electron chi connectivity index (χ4n) is 2.51. The van der Waals surface area contributed by atoms with Crippen LogP contribution in [0.3, 0.4) is 0 Å². The lowest BCUT2D eigenvalue weighted by atomic mass is 10.2. The summed E-state index contributed by atoms with van der Waals surface area (Å²) >= 11 is 7.23. The average molecular weight is 442 g/mol. The quantitative estimate of drug-likeness (QED) is 0.297. The van der Waals surface area contributed by atoms with Crippen LogP contribution in [0.15, 0.2) is 77.7 Å². The molecule has 3 rings (SSSR count). The number of anilines is 2. The lowest BCUT2D eigenvalue weighted by Gasteiger charge is -2.08. The van der Waals surface area contributed by atoms with Crippen LogP contribution in [-0.4, -0.2) is 22.5 Å². The van der Waals surface area contributed by atoms with Crippen molar-refractivity contribution in [3.05, 3.63) is 93.5 Å². The topological polar surface area (TPSA) is 101 Å². The first-order valence-corrected chi connectivity index (χ1v) is 10.1. The molecule has 0 aliphatic carbocycles. The van der Waals surface area contributed by atoms with Gasteiger partial charge in [-0.25, -0.2) is 0 Å². The number of nitrogens with one attached hydrogen (secondary N) is 2. The number of thioether (sulfide) groups is 1. The number of non-ortho nitro benzene ring substituents is 1. The highest BCUT2D eigenvalue weighted by Gasteiger charge is 2.10. The molecule has 0 spiro atoms. The van der Waals surface area contributed by atoms with Gasteiger partial charge >= 0.3 is 0 Å². The Kier molecular flexibility index (Phi) is 7.05. The molecule has 2 amide bonds. The van der Waals surface area contributed by atoms with Crippen LogP contribution in [0.2, 0.25) is 5.02 Å². The molecule has 2 N–H and O–H groups in total. The fourth-order valence-corrected chi connectivity index (χ4v) is 3.46. The number of amides is 2. The first-order chi connectivity index (χ1) is 14.4. The summed E-state index contributed by atoms with van der Waals surface area (Å²) in [6.07, 6.45) is 0. The van der Waals surface area contributed by atoms with Crippen molar-refractivity contribution in [2.45, 2.75) is 4.90 Å². The third kappa shape index (κ3) is 6.07. The van der Waals surface area contributed by atoms with Crippen LogP contribution in [0.1, 0.15) is 10.4 Å². The van der Waals surface area contributed by atoms with Crippen molar-refractivity contribution in [2.75, 3.05) is 16.4 Å². The molecule has 0 aliphatic rings. The number of carbonyl (C=O) groups is 2. The predicted molar refractivity (Wildman–Crippen MR) is 118 cm³/mol. The first kappa shape index (κ1) is 21.4. The lowest BCUT2D eigenvalue weighted by molar-refractivity contribution is -0.384. The van der Waals surface area contributed by atoms with Gasteiger partial charge in [-0.3, -0.25) is 19.7 Å². The highest BCUT2D eigenvalue weighted by Crippen LogP contribution is 2.23. The Morgan fingerprint density at radius 1 is 0.933 bits per heavy atom. The molecule has 0 radical (unpaired) electrons. The first-order valence-electron chi connectivity index (χ1n) is 8.75. The zero-order valence-electron chi connectivity index (χ0n) is 15.5. The molecular formula is C21H16ClN3O4S. The van der Waals surface area contributed by atoms with Gasteiger partial charge in [-0.05, 0) is 48.5 Å². The van der Waals surface area contributed by atoms with E-state index >= 15 is 0 Å². The molecular weight excluding hydrogens is 426 g/mol. The van der Waals surface area contributed by atoms with E-state index in [1.165, 1.54) is 36.0 Å². The van der Waals surface area contributed by atoms with Crippen LogP contribution in [-0.2, 0) is 4.79 Å². The molecule has 3 aromatic rings. The molecule has 0 aliphatic heterocycles. The van der Waals surface area contributed by atoms with Crippen LogP contribution in [0.5, 0.6) is 0 Å².